The summed E-state index contributed by atoms with van der Waals surface area (Å²) in [5, 5.41) is 6.16. The Bertz CT molecular complexity index is 1040. The van der Waals surface area contributed by atoms with Crippen LogP contribution in [0.2, 0.25) is 0 Å². The van der Waals surface area contributed by atoms with Crippen molar-refractivity contribution in [2.75, 3.05) is 6.61 Å². The van der Waals surface area contributed by atoms with Crippen LogP contribution in [0.25, 0.3) is 5.69 Å². The predicted octanol–water partition coefficient (Wildman–Crippen LogP) is 4.90. The highest BCUT2D eigenvalue weighted by Gasteiger charge is 2.33. The minimum Gasteiger partial charge on any atom is -0.367 e. The molecule has 0 aliphatic heterocycles. The molecule has 0 fully saturated rings. The maximum Gasteiger partial charge on any atom is 0.435 e. The number of alkyl halides is 6. The van der Waals surface area contributed by atoms with Crippen molar-refractivity contribution in [3.8, 4) is 5.69 Å². The Morgan fingerprint density at radius 3 is 2.09 bits per heavy atom. The number of nitrogens with zero attached hydrogens (tertiary/aromatic N) is 2. The van der Waals surface area contributed by atoms with Crippen LogP contribution in [0.1, 0.15) is 27.2 Å². The van der Waals surface area contributed by atoms with Crippen molar-refractivity contribution >= 4 is 5.91 Å². The lowest BCUT2D eigenvalue weighted by Gasteiger charge is -2.09. The number of carbonyl (C=O) groups excluding carboxylic acids is 1. The first kappa shape index (κ1) is 23.3. The monoisotopic (exact) mass is 457 g/mol. The Hall–Kier alpha value is -3.34. The molecule has 0 saturated carbocycles. The summed E-state index contributed by atoms with van der Waals surface area (Å²) in [6.07, 6.45) is -7.75. The number of hydrogen-bond acceptors (Lipinski definition) is 3. The number of carbonyl (C=O) groups is 1. The van der Waals surface area contributed by atoms with Crippen LogP contribution in [-0.2, 0) is 24.1 Å². The fourth-order valence-electron chi connectivity index (χ4n) is 2.71. The van der Waals surface area contributed by atoms with E-state index in [-0.39, 0.29) is 13.2 Å². The summed E-state index contributed by atoms with van der Waals surface area (Å²) in [5.41, 5.74) is 0.935. The van der Waals surface area contributed by atoms with Crippen LogP contribution in [0.15, 0.2) is 60.8 Å². The molecule has 0 spiro atoms. The molecular weight excluding hydrogens is 440 g/mol. The van der Waals surface area contributed by atoms with E-state index < -0.39 is 30.6 Å². The lowest BCUT2D eigenvalue weighted by molar-refractivity contribution is -0.176. The number of halogens is 6. The summed E-state index contributed by atoms with van der Waals surface area (Å²) >= 11 is 0. The fraction of sp³-hybridized carbons (Fsp3) is 0.238. The van der Waals surface area contributed by atoms with Crippen LogP contribution >= 0.6 is 0 Å². The molecule has 2 aromatic carbocycles. The Labute approximate surface area is 178 Å². The Balaban J connectivity index is 1.52. The summed E-state index contributed by atoms with van der Waals surface area (Å²) < 4.78 is 79.9. The van der Waals surface area contributed by atoms with Gasteiger partial charge in [0.05, 0.1) is 12.3 Å². The number of aromatic nitrogens is 2. The molecule has 0 atom stereocenters. The van der Waals surface area contributed by atoms with E-state index in [0.717, 1.165) is 16.3 Å². The van der Waals surface area contributed by atoms with Gasteiger partial charge in [0, 0.05) is 18.3 Å². The van der Waals surface area contributed by atoms with Crippen LogP contribution in [0.3, 0.4) is 0 Å². The molecule has 1 amide bonds. The number of ether oxygens (including phenoxy) is 1. The van der Waals surface area contributed by atoms with Gasteiger partial charge in [0.15, 0.2) is 5.69 Å². The molecule has 1 N–H and O–H groups in total. The van der Waals surface area contributed by atoms with Gasteiger partial charge in [0.1, 0.15) is 6.61 Å². The summed E-state index contributed by atoms with van der Waals surface area (Å²) in [5.74, 6) is -0.398. The van der Waals surface area contributed by atoms with Crippen LogP contribution in [0.4, 0.5) is 26.3 Å². The summed E-state index contributed by atoms with van der Waals surface area (Å²) in [4.78, 5) is 12.3. The third-order valence-electron chi connectivity index (χ3n) is 4.28. The second kappa shape index (κ2) is 9.43. The van der Waals surface area contributed by atoms with Crippen LogP contribution in [0.5, 0.6) is 0 Å². The van der Waals surface area contributed by atoms with Crippen molar-refractivity contribution in [3.05, 3.63) is 83.2 Å². The van der Waals surface area contributed by atoms with E-state index >= 15 is 0 Å². The van der Waals surface area contributed by atoms with Gasteiger partial charge in [-0.05, 0) is 41.5 Å². The van der Waals surface area contributed by atoms with Crippen molar-refractivity contribution < 1.29 is 35.9 Å². The predicted molar refractivity (Wildman–Crippen MR) is 102 cm³/mol. The molecule has 5 nitrogen and oxygen atoms in total. The van der Waals surface area contributed by atoms with E-state index in [9.17, 15) is 31.1 Å². The zero-order valence-corrected chi connectivity index (χ0v) is 16.4. The van der Waals surface area contributed by atoms with Gasteiger partial charge in [0.25, 0.3) is 5.91 Å². The first-order valence-electron chi connectivity index (χ1n) is 9.25. The molecule has 11 heteroatoms. The zero-order valence-electron chi connectivity index (χ0n) is 16.4. The third-order valence-corrected chi connectivity index (χ3v) is 4.28. The number of rotatable bonds is 7. The molecule has 0 aliphatic carbocycles. The number of amides is 1. The number of benzene rings is 2. The Morgan fingerprint density at radius 1 is 0.906 bits per heavy atom. The van der Waals surface area contributed by atoms with Crippen molar-refractivity contribution in [1.82, 2.24) is 15.1 Å². The zero-order chi connectivity index (χ0) is 23.4. The largest absolute Gasteiger partial charge is 0.435 e. The van der Waals surface area contributed by atoms with Gasteiger partial charge in [0.2, 0.25) is 0 Å². The smallest absolute Gasteiger partial charge is 0.367 e. The number of nitrogens with one attached hydrogen (secondary N) is 1. The average Bonchev–Trinajstić information content (AvgIpc) is 3.23. The SMILES string of the molecule is O=C(NCc1ccc(COCC(F)(F)F)cc1)c1ccc(-n2ccc(C(F)(F)F)n2)cc1. The van der Waals surface area contributed by atoms with E-state index in [1.165, 1.54) is 30.5 Å². The van der Waals surface area contributed by atoms with Crippen LogP contribution in [-0.4, -0.2) is 28.5 Å². The molecule has 3 rings (SSSR count). The van der Waals surface area contributed by atoms with E-state index in [1.54, 1.807) is 24.3 Å². The van der Waals surface area contributed by atoms with Crippen LogP contribution in [0, 0.1) is 0 Å². The van der Waals surface area contributed by atoms with Crippen molar-refractivity contribution in [2.45, 2.75) is 25.5 Å². The molecular formula is C21H17F6N3O2. The molecule has 3 aromatic rings. The molecule has 0 aliphatic rings. The lowest BCUT2D eigenvalue weighted by Crippen LogP contribution is -2.22. The van der Waals surface area contributed by atoms with E-state index in [1.807, 2.05) is 0 Å². The molecule has 0 radical (unpaired) electrons. The fourth-order valence-corrected chi connectivity index (χ4v) is 2.71. The topological polar surface area (TPSA) is 56.1 Å². The second-order valence-electron chi connectivity index (χ2n) is 6.80. The first-order valence-corrected chi connectivity index (χ1v) is 9.25. The van der Waals surface area contributed by atoms with Gasteiger partial charge < -0.3 is 10.1 Å². The molecule has 1 heterocycles. The first-order chi connectivity index (χ1) is 15.0. The van der Waals surface area contributed by atoms with Gasteiger partial charge in [-0.25, -0.2) is 4.68 Å². The van der Waals surface area contributed by atoms with Gasteiger partial charge in [-0.15, -0.1) is 0 Å². The third kappa shape index (κ3) is 6.58. The maximum absolute atomic E-state index is 12.7. The summed E-state index contributed by atoms with van der Waals surface area (Å²) in [6.45, 7) is -1.33. The van der Waals surface area contributed by atoms with E-state index in [2.05, 4.69) is 15.2 Å². The van der Waals surface area contributed by atoms with Gasteiger partial charge in [-0.2, -0.15) is 31.4 Å². The van der Waals surface area contributed by atoms with Gasteiger partial charge >= 0.3 is 12.4 Å². The quantitative estimate of drug-likeness (QED) is 0.514. The molecule has 0 saturated heterocycles. The van der Waals surface area contributed by atoms with E-state index in [4.69, 9.17) is 0 Å². The normalized spacial score (nSPS) is 12.1. The minimum atomic E-state index is -4.54. The highest BCUT2D eigenvalue weighted by Crippen LogP contribution is 2.27. The highest BCUT2D eigenvalue weighted by atomic mass is 19.4. The average molecular weight is 457 g/mol. The number of hydrogen-bond donors (Lipinski definition) is 1. The molecule has 1 aromatic heterocycles. The Morgan fingerprint density at radius 2 is 1.53 bits per heavy atom. The Kier molecular flexibility index (Phi) is 6.87. The standard InChI is InChI=1S/C21H17F6N3O2/c22-20(23,24)13-32-12-15-3-1-14(2-4-15)11-28-19(31)16-5-7-17(8-6-16)30-10-9-18(29-30)21(25,26)27/h1-10H,11-13H2,(H,28,31). The molecule has 0 unspecified atom stereocenters. The molecule has 32 heavy (non-hydrogen) atoms. The van der Waals surface area contributed by atoms with Gasteiger partial charge in [-0.3, -0.25) is 4.79 Å². The van der Waals surface area contributed by atoms with Crippen molar-refractivity contribution in [3.63, 3.8) is 0 Å². The van der Waals surface area contributed by atoms with Crippen molar-refractivity contribution in [1.29, 1.82) is 0 Å². The summed E-state index contributed by atoms with van der Waals surface area (Å²) in [7, 11) is 0. The minimum absolute atomic E-state index is 0.179. The molecule has 170 valence electrons. The maximum atomic E-state index is 12.7. The van der Waals surface area contributed by atoms with Crippen molar-refractivity contribution in [2.24, 2.45) is 0 Å². The lowest BCUT2D eigenvalue weighted by atomic mass is 10.1. The van der Waals surface area contributed by atoms with E-state index in [0.29, 0.717) is 16.8 Å². The second-order valence-corrected chi connectivity index (χ2v) is 6.80. The summed E-state index contributed by atoms with van der Waals surface area (Å²) in [6, 6.07) is 13.2. The highest BCUT2D eigenvalue weighted by molar-refractivity contribution is 5.94. The van der Waals surface area contributed by atoms with Crippen LogP contribution < -0.4 is 5.32 Å². The molecule has 0 bridgehead atoms. The van der Waals surface area contributed by atoms with Gasteiger partial charge in [-0.1, -0.05) is 24.3 Å².